The summed E-state index contributed by atoms with van der Waals surface area (Å²) >= 11 is 1.63. The molecule has 0 amide bonds. The van der Waals surface area contributed by atoms with Gasteiger partial charge in [0.2, 0.25) is 0 Å². The number of unbranched alkanes of at least 4 members (excludes halogenated alkanes) is 1. The number of nitrogens with one attached hydrogen (secondary N) is 3. The largest absolute Gasteiger partial charge is 0.397 e. The monoisotopic (exact) mass is 314 g/mol. The predicted molar refractivity (Wildman–Crippen MR) is 90.6 cm³/mol. The minimum Gasteiger partial charge on any atom is -0.339 e. The molecule has 0 spiro atoms. The van der Waals surface area contributed by atoms with Gasteiger partial charge in [0.1, 0.15) is 5.52 Å². The van der Waals surface area contributed by atoms with E-state index >= 15 is 0 Å². The number of nitrogens with zero attached hydrogens (tertiary/aromatic N) is 2. The number of hydrogen-bond acceptors (Lipinski definition) is 4. The van der Waals surface area contributed by atoms with Gasteiger partial charge in [-0.05, 0) is 41.8 Å². The Morgan fingerprint density at radius 3 is 2.82 bits per heavy atom. The van der Waals surface area contributed by atoms with Crippen molar-refractivity contribution in [2.45, 2.75) is 31.2 Å². The molecular formula is C16H20N5S+. The van der Waals surface area contributed by atoms with Crippen LogP contribution in [0.15, 0.2) is 35.6 Å². The Bertz CT molecular complexity index is 751. The fourth-order valence-corrected chi connectivity index (χ4v) is 2.88. The molecular weight excluding hydrogens is 294 g/mol. The Morgan fingerprint density at radius 1 is 1.27 bits per heavy atom. The van der Waals surface area contributed by atoms with E-state index in [1.807, 2.05) is 6.26 Å². The smallest absolute Gasteiger partial charge is 0.339 e. The Balaban J connectivity index is 1.80. The molecule has 114 valence electrons. The van der Waals surface area contributed by atoms with Gasteiger partial charge in [-0.25, -0.2) is 15.3 Å². The summed E-state index contributed by atoms with van der Waals surface area (Å²) in [5, 5.41) is 4.33. The van der Waals surface area contributed by atoms with Crippen LogP contribution in [0.4, 0.5) is 11.6 Å². The molecule has 0 unspecified atom stereocenters. The molecule has 3 rings (SSSR count). The third-order valence-electron chi connectivity index (χ3n) is 3.54. The minimum atomic E-state index is 0.699. The average Bonchev–Trinajstić information content (AvgIpc) is 3.02. The van der Waals surface area contributed by atoms with E-state index in [0.717, 1.165) is 22.7 Å². The highest BCUT2D eigenvalue weighted by atomic mass is 32.2. The number of thioether (sulfide) groups is 1. The number of anilines is 2. The Hall–Kier alpha value is -2.08. The molecule has 0 bridgehead atoms. The summed E-state index contributed by atoms with van der Waals surface area (Å²) in [5.41, 5.74) is 4.04. The lowest BCUT2D eigenvalue weighted by Gasteiger charge is -2.03. The van der Waals surface area contributed by atoms with E-state index in [2.05, 4.69) is 56.4 Å². The molecule has 0 saturated carbocycles. The zero-order chi connectivity index (χ0) is 15.4. The minimum absolute atomic E-state index is 0.699. The van der Waals surface area contributed by atoms with Crippen molar-refractivity contribution < 1.29 is 4.98 Å². The van der Waals surface area contributed by atoms with Crippen LogP contribution in [0.2, 0.25) is 0 Å². The molecule has 0 aliphatic heterocycles. The number of aryl methyl sites for hydroxylation is 1. The van der Waals surface area contributed by atoms with Crippen molar-refractivity contribution >= 4 is 34.6 Å². The predicted octanol–water partition coefficient (Wildman–Crippen LogP) is 3.58. The highest BCUT2D eigenvalue weighted by molar-refractivity contribution is 7.98. The molecule has 0 radical (unpaired) electrons. The van der Waals surface area contributed by atoms with E-state index < -0.39 is 0 Å². The standard InChI is InChI=1S/C16H19N5S/c1-3-4-5-11-6-8-12(9-7-11)19-16-20-14-13(17-10-18-14)15(21-16)22-2/h6-10H,3-5H2,1-2H3,(H2,17,18,19,20,21)/p+1. The maximum Gasteiger partial charge on any atom is 0.397 e. The molecule has 22 heavy (non-hydrogen) atoms. The van der Waals surface area contributed by atoms with Gasteiger partial charge in [0.15, 0.2) is 5.03 Å². The maximum absolute atomic E-state index is 4.49. The lowest BCUT2D eigenvalue weighted by atomic mass is 10.1. The quantitative estimate of drug-likeness (QED) is 0.539. The molecule has 3 aromatic rings. The first kappa shape index (κ1) is 14.8. The van der Waals surface area contributed by atoms with E-state index in [1.54, 1.807) is 18.1 Å². The van der Waals surface area contributed by atoms with Gasteiger partial charge in [0, 0.05) is 0 Å². The van der Waals surface area contributed by atoms with Gasteiger partial charge in [-0.1, -0.05) is 37.2 Å². The fraction of sp³-hybridized carbons (Fsp3) is 0.312. The van der Waals surface area contributed by atoms with Crippen molar-refractivity contribution in [3.63, 3.8) is 0 Å². The van der Waals surface area contributed by atoms with Crippen molar-refractivity contribution in [2.75, 3.05) is 11.6 Å². The molecule has 0 fully saturated rings. The van der Waals surface area contributed by atoms with E-state index in [4.69, 9.17) is 0 Å². The van der Waals surface area contributed by atoms with E-state index in [-0.39, 0.29) is 0 Å². The second-order valence-electron chi connectivity index (χ2n) is 5.15. The second kappa shape index (κ2) is 6.79. The van der Waals surface area contributed by atoms with Crippen molar-refractivity contribution in [1.82, 2.24) is 15.0 Å². The van der Waals surface area contributed by atoms with E-state index in [0.29, 0.717) is 11.6 Å². The molecule has 1 aromatic carbocycles. The van der Waals surface area contributed by atoms with Gasteiger partial charge < -0.3 is 4.98 Å². The zero-order valence-electron chi connectivity index (χ0n) is 12.8. The molecule has 2 aromatic heterocycles. The number of rotatable bonds is 6. The van der Waals surface area contributed by atoms with Crippen LogP contribution in [0.25, 0.3) is 11.2 Å². The topological polar surface area (TPSA) is 67.7 Å². The SMILES string of the molecule is CCCCc1ccc(Nc2nc3nc[nH]c3c(SC)[nH+]2)cc1. The Morgan fingerprint density at radius 2 is 2.09 bits per heavy atom. The van der Waals surface area contributed by atoms with Crippen molar-refractivity contribution in [1.29, 1.82) is 0 Å². The van der Waals surface area contributed by atoms with Gasteiger partial charge in [0.25, 0.3) is 5.65 Å². The van der Waals surface area contributed by atoms with Crippen LogP contribution in [0.1, 0.15) is 25.3 Å². The molecule has 3 N–H and O–H groups in total. The number of aromatic nitrogens is 4. The van der Waals surface area contributed by atoms with Gasteiger partial charge in [-0.3, -0.25) is 0 Å². The van der Waals surface area contributed by atoms with Gasteiger partial charge in [0.05, 0.1) is 12.0 Å². The summed E-state index contributed by atoms with van der Waals surface area (Å²) in [6.07, 6.45) is 7.28. The first-order valence-electron chi connectivity index (χ1n) is 7.46. The van der Waals surface area contributed by atoms with Crippen LogP contribution in [0, 0.1) is 0 Å². The molecule has 2 heterocycles. The molecule has 5 nitrogen and oxygen atoms in total. The van der Waals surface area contributed by atoms with Crippen LogP contribution in [0.5, 0.6) is 0 Å². The van der Waals surface area contributed by atoms with Crippen LogP contribution in [-0.2, 0) is 6.42 Å². The highest BCUT2D eigenvalue weighted by Crippen LogP contribution is 2.20. The summed E-state index contributed by atoms with van der Waals surface area (Å²) in [7, 11) is 0. The van der Waals surface area contributed by atoms with Gasteiger partial charge in [-0.15, -0.1) is 0 Å². The molecule has 0 aliphatic rings. The van der Waals surface area contributed by atoms with Crippen molar-refractivity contribution in [3.8, 4) is 0 Å². The zero-order valence-corrected chi connectivity index (χ0v) is 13.6. The van der Waals surface area contributed by atoms with Crippen molar-refractivity contribution in [2.24, 2.45) is 0 Å². The van der Waals surface area contributed by atoms with Gasteiger partial charge >= 0.3 is 5.95 Å². The van der Waals surface area contributed by atoms with Gasteiger partial charge in [-0.2, -0.15) is 0 Å². The lowest BCUT2D eigenvalue weighted by molar-refractivity contribution is -0.410. The third-order valence-corrected chi connectivity index (χ3v) is 4.25. The summed E-state index contributed by atoms with van der Waals surface area (Å²) in [6.45, 7) is 2.21. The van der Waals surface area contributed by atoms with E-state index in [9.17, 15) is 0 Å². The maximum atomic E-state index is 4.49. The van der Waals surface area contributed by atoms with Crippen LogP contribution < -0.4 is 10.3 Å². The highest BCUT2D eigenvalue weighted by Gasteiger charge is 2.15. The molecule has 0 aliphatic carbocycles. The summed E-state index contributed by atoms with van der Waals surface area (Å²) in [6, 6.07) is 8.52. The Kier molecular flexibility index (Phi) is 4.58. The number of benzene rings is 1. The Labute approximate surface area is 134 Å². The number of hydrogen-bond donors (Lipinski definition) is 2. The summed E-state index contributed by atoms with van der Waals surface area (Å²) < 4.78 is 0. The summed E-state index contributed by atoms with van der Waals surface area (Å²) in [4.78, 5) is 15.1. The second-order valence-corrected chi connectivity index (χ2v) is 5.96. The molecule has 0 saturated heterocycles. The number of H-pyrrole nitrogens is 2. The summed E-state index contributed by atoms with van der Waals surface area (Å²) in [5.74, 6) is 0.699. The first-order chi connectivity index (χ1) is 10.8. The van der Waals surface area contributed by atoms with E-state index in [1.165, 1.54) is 18.4 Å². The number of fused-ring (bicyclic) bond motifs is 1. The first-order valence-corrected chi connectivity index (χ1v) is 8.69. The number of aromatic amines is 2. The fourth-order valence-electron chi connectivity index (χ4n) is 2.33. The molecule has 6 heteroatoms. The van der Waals surface area contributed by atoms with Crippen LogP contribution in [-0.4, -0.2) is 21.2 Å². The molecule has 0 atom stereocenters. The van der Waals surface area contributed by atoms with Crippen LogP contribution >= 0.6 is 11.8 Å². The van der Waals surface area contributed by atoms with Crippen LogP contribution in [0.3, 0.4) is 0 Å². The van der Waals surface area contributed by atoms with Crippen molar-refractivity contribution in [3.05, 3.63) is 36.2 Å². The average molecular weight is 314 g/mol. The third kappa shape index (κ3) is 3.22. The lowest BCUT2D eigenvalue weighted by Crippen LogP contribution is -2.15. The normalized spacial score (nSPS) is 11.0. The number of imidazole rings is 1.